The minimum Gasteiger partial charge on any atom is -0.449 e. The minimum atomic E-state index is -3.11. The van der Waals surface area contributed by atoms with Gasteiger partial charge in [0.2, 0.25) is 0 Å². The molecule has 8 nitrogen and oxygen atoms in total. The van der Waals surface area contributed by atoms with E-state index in [2.05, 4.69) is 5.10 Å². The summed E-state index contributed by atoms with van der Waals surface area (Å²) in [6.07, 6.45) is -0.590. The van der Waals surface area contributed by atoms with Crippen molar-refractivity contribution in [1.82, 2.24) is 14.7 Å². The molecular formula is C21H27N3O5S. The summed E-state index contributed by atoms with van der Waals surface area (Å²) in [7, 11) is -3.11. The smallest absolute Gasteiger partial charge is 0.338 e. The highest BCUT2D eigenvalue weighted by Crippen LogP contribution is 2.20. The molecule has 0 saturated carbocycles. The van der Waals surface area contributed by atoms with Crippen molar-refractivity contribution in [1.29, 1.82) is 0 Å². The van der Waals surface area contributed by atoms with Crippen molar-refractivity contribution in [3.8, 4) is 5.69 Å². The molecular weight excluding hydrogens is 406 g/mol. The standard InChI is InChI=1S/C21H27N3O5S/c1-5-23(19-10-11-30(27,28)13-19)20(25)16(4)29-21(26)17-6-8-18(9-7-17)24-15(3)12-14(2)22-24/h6-9,12,16,19H,5,10-11,13H2,1-4H3/t16-,19+/m1/s1. The van der Waals surface area contributed by atoms with E-state index in [0.29, 0.717) is 18.5 Å². The average molecular weight is 434 g/mol. The Morgan fingerprint density at radius 3 is 2.43 bits per heavy atom. The number of benzene rings is 1. The lowest BCUT2D eigenvalue weighted by molar-refractivity contribution is -0.141. The van der Waals surface area contributed by atoms with E-state index in [9.17, 15) is 18.0 Å². The Hall–Kier alpha value is -2.68. The predicted octanol–water partition coefficient (Wildman–Crippen LogP) is 2.07. The highest BCUT2D eigenvalue weighted by molar-refractivity contribution is 7.91. The molecule has 1 aromatic heterocycles. The Morgan fingerprint density at radius 2 is 1.93 bits per heavy atom. The molecule has 3 rings (SSSR count). The first-order valence-corrected chi connectivity index (χ1v) is 11.8. The number of esters is 1. The molecule has 1 aliphatic rings. The third-order valence-corrected chi connectivity index (χ3v) is 7.01. The predicted molar refractivity (Wildman–Crippen MR) is 112 cm³/mol. The summed E-state index contributed by atoms with van der Waals surface area (Å²) >= 11 is 0. The van der Waals surface area contributed by atoms with Crippen LogP contribution in [0.4, 0.5) is 0 Å². The maximum absolute atomic E-state index is 12.8. The van der Waals surface area contributed by atoms with Crippen molar-refractivity contribution in [3.63, 3.8) is 0 Å². The summed E-state index contributed by atoms with van der Waals surface area (Å²) in [6, 6.07) is 8.39. The van der Waals surface area contributed by atoms with Crippen LogP contribution in [-0.4, -0.2) is 65.2 Å². The van der Waals surface area contributed by atoms with E-state index in [1.165, 1.54) is 11.8 Å². The molecule has 0 aliphatic carbocycles. The Bertz CT molecular complexity index is 1040. The van der Waals surface area contributed by atoms with Crippen LogP contribution in [0.2, 0.25) is 0 Å². The minimum absolute atomic E-state index is 0.0406. The van der Waals surface area contributed by atoms with Crippen LogP contribution in [0.25, 0.3) is 5.69 Å². The fourth-order valence-electron chi connectivity index (χ4n) is 3.76. The van der Waals surface area contributed by atoms with Crippen LogP contribution >= 0.6 is 0 Å². The molecule has 0 spiro atoms. The molecule has 1 aliphatic heterocycles. The molecule has 0 N–H and O–H groups in total. The van der Waals surface area contributed by atoms with Crippen molar-refractivity contribution in [2.75, 3.05) is 18.1 Å². The maximum atomic E-state index is 12.8. The van der Waals surface area contributed by atoms with Crippen LogP contribution in [0.3, 0.4) is 0 Å². The van der Waals surface area contributed by atoms with Crippen LogP contribution < -0.4 is 0 Å². The summed E-state index contributed by atoms with van der Waals surface area (Å²) in [5, 5.41) is 4.41. The van der Waals surface area contributed by atoms with Gasteiger partial charge in [-0.05, 0) is 64.4 Å². The van der Waals surface area contributed by atoms with Gasteiger partial charge >= 0.3 is 5.97 Å². The molecule has 9 heteroatoms. The first kappa shape index (κ1) is 22.0. The number of aryl methyl sites for hydroxylation is 2. The van der Waals surface area contributed by atoms with Gasteiger partial charge in [-0.25, -0.2) is 17.9 Å². The number of amides is 1. The molecule has 1 saturated heterocycles. The zero-order valence-electron chi connectivity index (χ0n) is 17.7. The number of carbonyl (C=O) groups excluding carboxylic acids is 2. The number of hydrogen-bond donors (Lipinski definition) is 0. The number of aromatic nitrogens is 2. The number of ether oxygens (including phenoxy) is 1. The topological polar surface area (TPSA) is 98.6 Å². The van der Waals surface area contributed by atoms with Crippen LogP contribution in [-0.2, 0) is 19.4 Å². The first-order chi connectivity index (χ1) is 14.1. The second-order valence-electron chi connectivity index (χ2n) is 7.61. The van der Waals surface area contributed by atoms with E-state index >= 15 is 0 Å². The van der Waals surface area contributed by atoms with Crippen LogP contribution in [0.15, 0.2) is 30.3 Å². The van der Waals surface area contributed by atoms with Crippen molar-refractivity contribution >= 4 is 21.7 Å². The van der Waals surface area contributed by atoms with Gasteiger partial charge in [0, 0.05) is 18.3 Å². The van der Waals surface area contributed by atoms with Crippen LogP contribution in [0.5, 0.6) is 0 Å². The number of carbonyl (C=O) groups is 2. The van der Waals surface area contributed by atoms with Gasteiger partial charge in [0.15, 0.2) is 15.9 Å². The molecule has 2 atom stereocenters. The van der Waals surface area contributed by atoms with Crippen molar-refractivity contribution in [2.45, 2.75) is 46.3 Å². The van der Waals surface area contributed by atoms with Gasteiger partial charge in [-0.1, -0.05) is 0 Å². The highest BCUT2D eigenvalue weighted by atomic mass is 32.2. The second kappa shape index (κ2) is 8.59. The molecule has 1 aromatic carbocycles. The number of likely N-dealkylation sites (N-methyl/N-ethyl adjacent to an activating group) is 1. The van der Waals surface area contributed by atoms with Crippen molar-refractivity contribution < 1.29 is 22.7 Å². The molecule has 0 radical (unpaired) electrons. The zero-order valence-corrected chi connectivity index (χ0v) is 18.5. The molecule has 2 heterocycles. The van der Waals surface area contributed by atoms with Gasteiger partial charge < -0.3 is 9.64 Å². The average Bonchev–Trinajstić information content (AvgIpc) is 3.22. The monoisotopic (exact) mass is 433 g/mol. The Morgan fingerprint density at radius 1 is 1.27 bits per heavy atom. The van der Waals surface area contributed by atoms with E-state index in [1.54, 1.807) is 35.9 Å². The Balaban J connectivity index is 1.66. The lowest BCUT2D eigenvalue weighted by Crippen LogP contribution is -2.46. The van der Waals surface area contributed by atoms with E-state index in [0.717, 1.165) is 17.1 Å². The number of nitrogens with zero attached hydrogens (tertiary/aromatic N) is 3. The quantitative estimate of drug-likeness (QED) is 0.647. The van der Waals surface area contributed by atoms with Gasteiger partial charge in [0.1, 0.15) is 0 Å². The van der Waals surface area contributed by atoms with E-state index in [4.69, 9.17) is 4.74 Å². The van der Waals surface area contributed by atoms with Crippen molar-refractivity contribution in [2.24, 2.45) is 0 Å². The molecule has 0 unspecified atom stereocenters. The third-order valence-electron chi connectivity index (χ3n) is 5.26. The molecule has 0 bridgehead atoms. The molecule has 1 fully saturated rings. The molecule has 162 valence electrons. The normalized spacial score (nSPS) is 18.7. The van der Waals surface area contributed by atoms with E-state index < -0.39 is 21.9 Å². The number of hydrogen-bond acceptors (Lipinski definition) is 6. The van der Waals surface area contributed by atoms with Gasteiger partial charge in [-0.2, -0.15) is 5.10 Å². The largest absolute Gasteiger partial charge is 0.449 e. The lowest BCUT2D eigenvalue weighted by Gasteiger charge is -2.29. The lowest BCUT2D eigenvalue weighted by atomic mass is 10.2. The van der Waals surface area contributed by atoms with E-state index in [-0.39, 0.29) is 23.5 Å². The zero-order chi connectivity index (χ0) is 22.1. The van der Waals surface area contributed by atoms with Crippen LogP contribution in [0.1, 0.15) is 42.0 Å². The SMILES string of the molecule is CCN(C(=O)[C@@H](C)OC(=O)c1ccc(-n2nc(C)cc2C)cc1)[C@H]1CCS(=O)(=O)C1. The van der Waals surface area contributed by atoms with Gasteiger partial charge in [0.25, 0.3) is 5.91 Å². The Labute approximate surface area is 176 Å². The highest BCUT2D eigenvalue weighted by Gasteiger charge is 2.36. The third kappa shape index (κ3) is 4.72. The Kier molecular flexibility index (Phi) is 6.30. The van der Waals surface area contributed by atoms with Crippen molar-refractivity contribution in [3.05, 3.63) is 47.3 Å². The summed E-state index contributed by atoms with van der Waals surface area (Å²) in [5.41, 5.74) is 3.03. The fourth-order valence-corrected chi connectivity index (χ4v) is 5.49. The number of rotatable bonds is 6. The second-order valence-corrected chi connectivity index (χ2v) is 9.84. The van der Waals surface area contributed by atoms with E-state index in [1.807, 2.05) is 19.9 Å². The van der Waals surface area contributed by atoms with Gasteiger partial charge in [-0.3, -0.25) is 4.79 Å². The summed E-state index contributed by atoms with van der Waals surface area (Å²) < 4.78 is 30.6. The van der Waals surface area contributed by atoms with Gasteiger partial charge in [-0.15, -0.1) is 0 Å². The first-order valence-electron chi connectivity index (χ1n) is 9.97. The van der Waals surface area contributed by atoms with Gasteiger partial charge in [0.05, 0.1) is 28.5 Å². The molecule has 30 heavy (non-hydrogen) atoms. The van der Waals surface area contributed by atoms with Crippen LogP contribution in [0, 0.1) is 13.8 Å². The number of sulfone groups is 1. The summed E-state index contributed by atoms with van der Waals surface area (Å²) in [5.74, 6) is -0.948. The summed E-state index contributed by atoms with van der Waals surface area (Å²) in [4.78, 5) is 26.8. The molecule has 1 amide bonds. The summed E-state index contributed by atoms with van der Waals surface area (Å²) in [6.45, 7) is 7.52. The fraction of sp³-hybridized carbons (Fsp3) is 0.476. The maximum Gasteiger partial charge on any atom is 0.338 e. The molecule has 2 aromatic rings.